The second-order valence-corrected chi connectivity index (χ2v) is 5.42. The summed E-state index contributed by atoms with van der Waals surface area (Å²) in [4.78, 5) is 2.91. The number of benzene rings is 1. The predicted molar refractivity (Wildman–Crippen MR) is 82.7 cm³/mol. The van der Waals surface area contributed by atoms with Gasteiger partial charge in [-0.05, 0) is 37.9 Å². The Hall–Kier alpha value is -1.13. The lowest BCUT2D eigenvalue weighted by atomic mass is 10.2. The first-order valence-electron chi connectivity index (χ1n) is 6.98. The molecule has 0 amide bonds. The van der Waals surface area contributed by atoms with E-state index in [4.69, 9.17) is 22.7 Å². The van der Waals surface area contributed by atoms with E-state index in [0.29, 0.717) is 11.6 Å². The van der Waals surface area contributed by atoms with Crippen LogP contribution in [0.5, 0.6) is 5.75 Å². The number of rotatable bonds is 8. The predicted octanol–water partition coefficient (Wildman–Crippen LogP) is 2.57. The van der Waals surface area contributed by atoms with Crippen LogP contribution in [-0.2, 0) is 0 Å². The number of hydrogen-bond acceptors (Lipinski definition) is 3. The zero-order chi connectivity index (χ0) is 13.7. The summed E-state index contributed by atoms with van der Waals surface area (Å²) in [5, 5.41) is 0. The van der Waals surface area contributed by atoms with Crippen LogP contribution in [-0.4, -0.2) is 35.6 Å². The molecule has 0 atom stereocenters. The molecule has 0 heterocycles. The Balaban J connectivity index is 1.86. The van der Waals surface area contributed by atoms with Crippen molar-refractivity contribution in [1.82, 2.24) is 4.90 Å². The van der Waals surface area contributed by atoms with Crippen LogP contribution >= 0.6 is 12.2 Å². The van der Waals surface area contributed by atoms with Gasteiger partial charge in [0.2, 0.25) is 0 Å². The van der Waals surface area contributed by atoms with Gasteiger partial charge in [-0.2, -0.15) is 0 Å². The second-order valence-electron chi connectivity index (χ2n) is 4.98. The van der Waals surface area contributed by atoms with E-state index in [1.165, 1.54) is 19.3 Å². The first-order valence-corrected chi connectivity index (χ1v) is 7.39. The van der Waals surface area contributed by atoms with E-state index < -0.39 is 0 Å². The first kappa shape index (κ1) is 14.3. The third-order valence-electron chi connectivity index (χ3n) is 3.36. The molecule has 0 unspecified atom stereocenters. The summed E-state index contributed by atoms with van der Waals surface area (Å²) < 4.78 is 5.84. The monoisotopic (exact) mass is 278 g/mol. The van der Waals surface area contributed by atoms with E-state index in [0.717, 1.165) is 30.4 Å². The van der Waals surface area contributed by atoms with Crippen molar-refractivity contribution >= 4 is 17.2 Å². The molecule has 2 N–H and O–H groups in total. The van der Waals surface area contributed by atoms with Gasteiger partial charge in [-0.25, -0.2) is 0 Å². The van der Waals surface area contributed by atoms with Crippen LogP contribution in [0.1, 0.15) is 31.7 Å². The van der Waals surface area contributed by atoms with E-state index in [-0.39, 0.29) is 0 Å². The van der Waals surface area contributed by atoms with Gasteiger partial charge < -0.3 is 10.5 Å². The van der Waals surface area contributed by atoms with Crippen molar-refractivity contribution in [3.8, 4) is 5.75 Å². The number of thiocarbonyl (C=S) groups is 1. The highest BCUT2D eigenvalue weighted by atomic mass is 32.1. The summed E-state index contributed by atoms with van der Waals surface area (Å²) in [6.07, 6.45) is 3.87. The molecule has 1 aromatic carbocycles. The molecule has 0 aromatic heterocycles. The lowest BCUT2D eigenvalue weighted by Crippen LogP contribution is -2.31. The first-order chi connectivity index (χ1) is 9.22. The Morgan fingerprint density at radius 1 is 1.37 bits per heavy atom. The maximum absolute atomic E-state index is 5.84. The molecule has 104 valence electrons. The van der Waals surface area contributed by atoms with Gasteiger partial charge in [0.05, 0.1) is 5.56 Å². The van der Waals surface area contributed by atoms with Crippen LogP contribution in [0.2, 0.25) is 0 Å². The molecular weight excluding hydrogens is 256 g/mol. The Morgan fingerprint density at radius 3 is 2.74 bits per heavy atom. The highest BCUT2D eigenvalue weighted by molar-refractivity contribution is 7.80. The topological polar surface area (TPSA) is 38.5 Å². The lowest BCUT2D eigenvalue weighted by molar-refractivity contribution is 0.201. The van der Waals surface area contributed by atoms with Gasteiger partial charge in [0, 0.05) is 12.6 Å². The van der Waals surface area contributed by atoms with Crippen LogP contribution in [0, 0.1) is 0 Å². The quantitative estimate of drug-likeness (QED) is 0.742. The summed E-state index contributed by atoms with van der Waals surface area (Å²) in [7, 11) is 0. The van der Waals surface area contributed by atoms with Gasteiger partial charge in [0.1, 0.15) is 17.3 Å². The third kappa shape index (κ3) is 4.18. The van der Waals surface area contributed by atoms with Crippen molar-refractivity contribution in [2.24, 2.45) is 5.73 Å². The minimum absolute atomic E-state index is 0.392. The number of nitrogens with two attached hydrogens (primary N) is 1. The lowest BCUT2D eigenvalue weighted by Gasteiger charge is -2.21. The van der Waals surface area contributed by atoms with Gasteiger partial charge in [-0.1, -0.05) is 31.3 Å². The van der Waals surface area contributed by atoms with E-state index >= 15 is 0 Å². The fourth-order valence-electron chi connectivity index (χ4n) is 2.27. The van der Waals surface area contributed by atoms with Crippen molar-refractivity contribution < 1.29 is 4.74 Å². The van der Waals surface area contributed by atoms with Crippen molar-refractivity contribution in [2.45, 2.75) is 32.2 Å². The zero-order valence-electron chi connectivity index (χ0n) is 11.5. The van der Waals surface area contributed by atoms with Gasteiger partial charge in [-0.15, -0.1) is 0 Å². The largest absolute Gasteiger partial charge is 0.492 e. The molecule has 1 aliphatic carbocycles. The smallest absolute Gasteiger partial charge is 0.129 e. The van der Waals surface area contributed by atoms with Crippen LogP contribution in [0.3, 0.4) is 0 Å². The zero-order valence-corrected chi connectivity index (χ0v) is 12.3. The normalized spacial score (nSPS) is 14.6. The summed E-state index contributed by atoms with van der Waals surface area (Å²) in [5.41, 5.74) is 6.52. The van der Waals surface area contributed by atoms with E-state index in [2.05, 4.69) is 11.8 Å². The minimum Gasteiger partial charge on any atom is -0.492 e. The summed E-state index contributed by atoms with van der Waals surface area (Å²) in [6, 6.07) is 8.49. The molecule has 0 aliphatic heterocycles. The van der Waals surface area contributed by atoms with Crippen molar-refractivity contribution in [3.63, 3.8) is 0 Å². The molecule has 1 aliphatic rings. The molecular formula is C15H22N2OS. The van der Waals surface area contributed by atoms with E-state index in [1.54, 1.807) is 0 Å². The minimum atomic E-state index is 0.392. The highest BCUT2D eigenvalue weighted by Crippen LogP contribution is 2.26. The Labute approximate surface area is 120 Å². The molecule has 0 radical (unpaired) electrons. The Bertz CT molecular complexity index is 432. The highest BCUT2D eigenvalue weighted by Gasteiger charge is 2.27. The standard InChI is InChI=1S/C15H22N2OS/c1-2-9-17(12-7-8-12)10-11-18-14-6-4-3-5-13(14)15(16)19/h3-6,12H,2,7-11H2,1H3,(H2,16,19). The number of hydrogen-bond donors (Lipinski definition) is 1. The molecule has 0 spiro atoms. The Morgan fingerprint density at radius 2 is 2.11 bits per heavy atom. The summed E-state index contributed by atoms with van der Waals surface area (Å²) in [6.45, 7) is 5.05. The number of para-hydroxylation sites is 1. The van der Waals surface area contributed by atoms with Crippen LogP contribution in [0.25, 0.3) is 0 Å². The number of nitrogens with zero attached hydrogens (tertiary/aromatic N) is 1. The molecule has 1 fully saturated rings. The molecule has 4 heteroatoms. The second kappa shape index (κ2) is 6.87. The van der Waals surface area contributed by atoms with E-state index in [9.17, 15) is 0 Å². The maximum Gasteiger partial charge on any atom is 0.129 e. The van der Waals surface area contributed by atoms with Gasteiger partial charge >= 0.3 is 0 Å². The van der Waals surface area contributed by atoms with Gasteiger partial charge in [-0.3, -0.25) is 4.90 Å². The summed E-state index contributed by atoms with van der Waals surface area (Å²) >= 11 is 5.03. The van der Waals surface area contributed by atoms with E-state index in [1.807, 2.05) is 24.3 Å². The molecule has 3 nitrogen and oxygen atoms in total. The average molecular weight is 278 g/mol. The molecule has 1 saturated carbocycles. The fraction of sp³-hybridized carbons (Fsp3) is 0.533. The van der Waals surface area contributed by atoms with Crippen LogP contribution in [0.15, 0.2) is 24.3 Å². The average Bonchev–Trinajstić information content (AvgIpc) is 3.22. The molecule has 2 rings (SSSR count). The van der Waals surface area contributed by atoms with Gasteiger partial charge in [0.15, 0.2) is 0 Å². The van der Waals surface area contributed by atoms with Crippen molar-refractivity contribution in [3.05, 3.63) is 29.8 Å². The van der Waals surface area contributed by atoms with Gasteiger partial charge in [0.25, 0.3) is 0 Å². The molecule has 0 bridgehead atoms. The SMILES string of the molecule is CCCN(CCOc1ccccc1C(N)=S)C1CC1. The number of ether oxygens (including phenoxy) is 1. The molecule has 0 saturated heterocycles. The van der Waals surface area contributed by atoms with Crippen molar-refractivity contribution in [2.75, 3.05) is 19.7 Å². The van der Waals surface area contributed by atoms with Crippen LogP contribution < -0.4 is 10.5 Å². The Kier molecular flexibility index (Phi) is 5.16. The maximum atomic E-state index is 5.84. The fourth-order valence-corrected chi connectivity index (χ4v) is 2.44. The van der Waals surface area contributed by atoms with Crippen molar-refractivity contribution in [1.29, 1.82) is 0 Å². The summed E-state index contributed by atoms with van der Waals surface area (Å²) in [5.74, 6) is 0.794. The molecule has 19 heavy (non-hydrogen) atoms. The molecule has 1 aromatic rings. The van der Waals surface area contributed by atoms with Crippen LogP contribution in [0.4, 0.5) is 0 Å². The third-order valence-corrected chi connectivity index (χ3v) is 3.58.